The summed E-state index contributed by atoms with van der Waals surface area (Å²) in [6.07, 6.45) is 3.99. The zero-order chi connectivity index (χ0) is 18.1. The highest BCUT2D eigenvalue weighted by molar-refractivity contribution is 5.90. The standard InChI is InChI=1S/C22H22N4O/c1-2-5-17(6-3-1)16-27-19-13-18-14-24-22-20(25-11-9-23-10-12-25)7-4-8-21(22)26(18)15-19/h1-8,13-15,23H,9-12,16H2. The number of piperazine rings is 1. The Kier molecular flexibility index (Phi) is 4.14. The van der Waals surface area contributed by atoms with Crippen LogP contribution in [0.5, 0.6) is 5.75 Å². The van der Waals surface area contributed by atoms with E-state index in [1.54, 1.807) is 0 Å². The average Bonchev–Trinajstić information content (AvgIpc) is 3.17. The number of nitrogens with one attached hydrogen (secondary N) is 1. The van der Waals surface area contributed by atoms with E-state index < -0.39 is 0 Å². The van der Waals surface area contributed by atoms with Crippen molar-refractivity contribution in [2.24, 2.45) is 0 Å². The van der Waals surface area contributed by atoms with Gasteiger partial charge in [0.1, 0.15) is 17.9 Å². The predicted octanol–water partition coefficient (Wildman–Crippen LogP) is 3.48. The van der Waals surface area contributed by atoms with Gasteiger partial charge in [-0.3, -0.25) is 4.98 Å². The molecule has 0 amide bonds. The lowest BCUT2D eigenvalue weighted by Crippen LogP contribution is -2.43. The normalized spacial score (nSPS) is 14.7. The van der Waals surface area contributed by atoms with Crippen molar-refractivity contribution in [3.05, 3.63) is 72.6 Å². The molecule has 1 fully saturated rings. The summed E-state index contributed by atoms with van der Waals surface area (Å²) in [6, 6.07) is 18.7. The molecular weight excluding hydrogens is 336 g/mol. The Bertz CT molecular complexity index is 1070. The molecular formula is C22H22N4O. The lowest BCUT2D eigenvalue weighted by molar-refractivity contribution is 0.306. The summed E-state index contributed by atoms with van der Waals surface area (Å²) in [5, 5.41) is 3.41. The zero-order valence-corrected chi connectivity index (χ0v) is 15.1. The number of aromatic nitrogens is 2. The van der Waals surface area contributed by atoms with Crippen molar-refractivity contribution in [1.29, 1.82) is 0 Å². The Balaban J connectivity index is 1.50. The first-order valence-corrected chi connectivity index (χ1v) is 9.41. The predicted molar refractivity (Wildman–Crippen MR) is 109 cm³/mol. The average molecular weight is 358 g/mol. The van der Waals surface area contributed by atoms with E-state index in [9.17, 15) is 0 Å². The minimum Gasteiger partial charge on any atom is -0.487 e. The van der Waals surface area contributed by atoms with E-state index in [1.165, 1.54) is 5.69 Å². The summed E-state index contributed by atoms with van der Waals surface area (Å²) in [5.74, 6) is 0.862. The highest BCUT2D eigenvalue weighted by atomic mass is 16.5. The number of fused-ring (bicyclic) bond motifs is 3. The fraction of sp³-hybridized carbons (Fsp3) is 0.227. The minimum absolute atomic E-state index is 0.565. The molecule has 3 heterocycles. The van der Waals surface area contributed by atoms with E-state index >= 15 is 0 Å². The number of rotatable bonds is 4. The first-order valence-electron chi connectivity index (χ1n) is 9.41. The number of hydrogen-bond donors (Lipinski definition) is 1. The SMILES string of the molecule is c1ccc(COc2cc3cnc4c(N5CCNCC5)cccc4n3c2)cc1. The highest BCUT2D eigenvalue weighted by Gasteiger charge is 2.15. The van der Waals surface area contributed by atoms with Crippen LogP contribution in [0.15, 0.2) is 67.0 Å². The number of anilines is 1. The molecule has 4 aromatic rings. The Labute approximate surface area is 158 Å². The smallest absolute Gasteiger partial charge is 0.138 e. The molecule has 5 rings (SSSR count). The number of para-hydroxylation sites is 1. The molecule has 1 aliphatic rings. The summed E-state index contributed by atoms with van der Waals surface area (Å²) in [5.41, 5.74) is 5.56. The molecule has 0 unspecified atom stereocenters. The topological polar surface area (TPSA) is 41.8 Å². The van der Waals surface area contributed by atoms with Gasteiger partial charge in [0, 0.05) is 32.2 Å². The number of benzene rings is 2. The molecule has 0 saturated carbocycles. The van der Waals surface area contributed by atoms with E-state index in [0.29, 0.717) is 6.61 Å². The first-order chi connectivity index (χ1) is 13.4. The molecule has 1 N–H and O–H groups in total. The van der Waals surface area contributed by atoms with Gasteiger partial charge in [0.15, 0.2) is 0 Å². The maximum Gasteiger partial charge on any atom is 0.138 e. The van der Waals surface area contributed by atoms with Crippen LogP contribution in [-0.2, 0) is 6.61 Å². The third-order valence-corrected chi connectivity index (χ3v) is 5.11. The molecule has 0 spiro atoms. The van der Waals surface area contributed by atoms with Gasteiger partial charge < -0.3 is 19.4 Å². The number of ether oxygens (including phenoxy) is 1. The summed E-state index contributed by atoms with van der Waals surface area (Å²) < 4.78 is 8.18. The molecule has 2 aromatic heterocycles. The molecule has 2 aromatic carbocycles. The third kappa shape index (κ3) is 3.11. The van der Waals surface area contributed by atoms with Crippen LogP contribution in [-0.4, -0.2) is 35.6 Å². The monoisotopic (exact) mass is 358 g/mol. The summed E-state index contributed by atoms with van der Waals surface area (Å²) in [6.45, 7) is 4.61. The van der Waals surface area contributed by atoms with Gasteiger partial charge in [-0.15, -0.1) is 0 Å². The molecule has 0 aliphatic carbocycles. The van der Waals surface area contributed by atoms with Gasteiger partial charge in [-0.1, -0.05) is 36.4 Å². The molecule has 136 valence electrons. The van der Waals surface area contributed by atoms with E-state index in [4.69, 9.17) is 9.72 Å². The van der Waals surface area contributed by atoms with Gasteiger partial charge in [0.2, 0.25) is 0 Å². The van der Waals surface area contributed by atoms with Crippen LogP contribution in [0.3, 0.4) is 0 Å². The molecule has 0 atom stereocenters. The van der Waals surface area contributed by atoms with Gasteiger partial charge in [-0.2, -0.15) is 0 Å². The van der Waals surface area contributed by atoms with Crippen LogP contribution in [0.4, 0.5) is 5.69 Å². The van der Waals surface area contributed by atoms with Gasteiger partial charge in [0.05, 0.1) is 29.1 Å². The quantitative estimate of drug-likeness (QED) is 0.606. The molecule has 0 bridgehead atoms. The largest absolute Gasteiger partial charge is 0.487 e. The molecule has 1 saturated heterocycles. The van der Waals surface area contributed by atoms with Crippen LogP contribution in [0.25, 0.3) is 16.6 Å². The Morgan fingerprint density at radius 3 is 2.70 bits per heavy atom. The number of nitrogens with zero attached hydrogens (tertiary/aromatic N) is 3. The maximum atomic E-state index is 6.01. The Morgan fingerprint density at radius 1 is 1.00 bits per heavy atom. The fourth-order valence-electron chi connectivity index (χ4n) is 3.72. The van der Waals surface area contributed by atoms with Crippen molar-refractivity contribution < 1.29 is 4.74 Å². The van der Waals surface area contributed by atoms with Crippen LogP contribution in [0.2, 0.25) is 0 Å². The number of hydrogen-bond acceptors (Lipinski definition) is 4. The van der Waals surface area contributed by atoms with E-state index in [0.717, 1.165) is 54.0 Å². The molecule has 0 radical (unpaired) electrons. The van der Waals surface area contributed by atoms with Gasteiger partial charge in [-0.05, 0) is 17.7 Å². The molecule has 5 nitrogen and oxygen atoms in total. The van der Waals surface area contributed by atoms with Crippen molar-refractivity contribution in [2.45, 2.75) is 6.61 Å². The fourth-order valence-corrected chi connectivity index (χ4v) is 3.72. The molecule has 1 aliphatic heterocycles. The van der Waals surface area contributed by atoms with Gasteiger partial charge in [-0.25, -0.2) is 0 Å². The summed E-state index contributed by atoms with van der Waals surface area (Å²) in [7, 11) is 0. The van der Waals surface area contributed by atoms with E-state index in [1.807, 2.05) is 30.5 Å². The van der Waals surface area contributed by atoms with Crippen LogP contribution >= 0.6 is 0 Å². The van der Waals surface area contributed by atoms with Crippen molar-refractivity contribution in [1.82, 2.24) is 14.7 Å². The summed E-state index contributed by atoms with van der Waals surface area (Å²) in [4.78, 5) is 7.19. The van der Waals surface area contributed by atoms with Crippen molar-refractivity contribution in [3.63, 3.8) is 0 Å². The minimum atomic E-state index is 0.565. The van der Waals surface area contributed by atoms with Crippen molar-refractivity contribution >= 4 is 22.2 Å². The van der Waals surface area contributed by atoms with Gasteiger partial charge in [0.25, 0.3) is 0 Å². The van der Waals surface area contributed by atoms with Crippen LogP contribution < -0.4 is 15.0 Å². The maximum absolute atomic E-state index is 6.01. The van der Waals surface area contributed by atoms with Crippen molar-refractivity contribution in [2.75, 3.05) is 31.1 Å². The van der Waals surface area contributed by atoms with Crippen molar-refractivity contribution in [3.8, 4) is 5.75 Å². The first kappa shape index (κ1) is 16.1. The van der Waals surface area contributed by atoms with E-state index in [-0.39, 0.29) is 0 Å². The summed E-state index contributed by atoms with van der Waals surface area (Å²) >= 11 is 0. The van der Waals surface area contributed by atoms with Crippen LogP contribution in [0.1, 0.15) is 5.56 Å². The second-order valence-electron chi connectivity index (χ2n) is 6.89. The lowest BCUT2D eigenvalue weighted by Gasteiger charge is -2.30. The molecule has 5 heteroatoms. The van der Waals surface area contributed by atoms with Crippen LogP contribution in [0, 0.1) is 0 Å². The molecule has 27 heavy (non-hydrogen) atoms. The lowest BCUT2D eigenvalue weighted by atomic mass is 10.2. The third-order valence-electron chi connectivity index (χ3n) is 5.11. The Morgan fingerprint density at radius 2 is 1.85 bits per heavy atom. The highest BCUT2D eigenvalue weighted by Crippen LogP contribution is 2.28. The second kappa shape index (κ2) is 6.93. The zero-order valence-electron chi connectivity index (χ0n) is 15.1. The second-order valence-corrected chi connectivity index (χ2v) is 6.89. The van der Waals surface area contributed by atoms with Gasteiger partial charge >= 0.3 is 0 Å². The van der Waals surface area contributed by atoms with E-state index in [2.05, 4.69) is 51.1 Å². The Hall–Kier alpha value is -3.05.